The van der Waals surface area contributed by atoms with Crippen molar-refractivity contribution in [3.8, 4) is 23.0 Å². The predicted molar refractivity (Wildman–Crippen MR) is 180 cm³/mol. The number of hydrogen-bond acceptors (Lipinski definition) is 4. The van der Waals surface area contributed by atoms with Crippen molar-refractivity contribution in [3.05, 3.63) is 46.5 Å². The molecular weight excluding hydrogens is 532 g/mol. The third-order valence-corrected chi connectivity index (χ3v) is 10.5. The molecule has 4 nitrogen and oxygen atoms in total. The minimum absolute atomic E-state index is 0.0515. The largest absolute Gasteiger partial charge is 0.490 e. The Bertz CT molecular complexity index is 1110. The third kappa shape index (κ3) is 6.69. The molecule has 2 unspecified atom stereocenters. The second kappa shape index (κ2) is 14.6. The van der Waals surface area contributed by atoms with E-state index in [0.29, 0.717) is 13.2 Å². The highest BCUT2D eigenvalue weighted by atomic mass is 16.5. The van der Waals surface area contributed by atoms with Crippen molar-refractivity contribution >= 4 is 0 Å². The van der Waals surface area contributed by atoms with Crippen LogP contribution in [-0.4, -0.2) is 26.4 Å². The van der Waals surface area contributed by atoms with Crippen LogP contribution in [0.25, 0.3) is 0 Å². The predicted octanol–water partition coefficient (Wildman–Crippen LogP) is 10.8. The average molecular weight is 593 g/mol. The van der Waals surface area contributed by atoms with Gasteiger partial charge in [-0.2, -0.15) is 0 Å². The van der Waals surface area contributed by atoms with E-state index in [1.54, 1.807) is 0 Å². The molecule has 2 aliphatic carbocycles. The minimum Gasteiger partial charge on any atom is -0.490 e. The topological polar surface area (TPSA) is 36.9 Å². The van der Waals surface area contributed by atoms with E-state index in [2.05, 4.69) is 79.7 Å². The second-order valence-electron chi connectivity index (χ2n) is 13.8. The number of fused-ring (bicyclic) bond motifs is 4. The maximum absolute atomic E-state index is 6.50. The van der Waals surface area contributed by atoms with Crippen molar-refractivity contribution in [1.82, 2.24) is 0 Å². The Labute approximate surface area is 263 Å². The van der Waals surface area contributed by atoms with E-state index in [9.17, 15) is 0 Å². The van der Waals surface area contributed by atoms with Gasteiger partial charge in [-0.3, -0.25) is 0 Å². The summed E-state index contributed by atoms with van der Waals surface area (Å²) in [6.07, 6.45) is 13.0. The van der Waals surface area contributed by atoms with Crippen molar-refractivity contribution in [2.24, 2.45) is 0 Å². The Morgan fingerprint density at radius 3 is 1.00 bits per heavy atom. The molecule has 0 amide bonds. The molecule has 2 aromatic carbocycles. The van der Waals surface area contributed by atoms with Gasteiger partial charge in [0.1, 0.15) is 0 Å². The van der Waals surface area contributed by atoms with E-state index in [1.165, 1.54) is 22.3 Å². The molecule has 0 aliphatic heterocycles. The first-order chi connectivity index (χ1) is 20.8. The van der Waals surface area contributed by atoms with E-state index in [1.807, 2.05) is 0 Å². The molecule has 0 N–H and O–H groups in total. The number of hydrogen-bond donors (Lipinski definition) is 0. The zero-order chi connectivity index (χ0) is 31.1. The molecule has 0 heterocycles. The Morgan fingerprint density at radius 1 is 0.465 bits per heavy atom. The fourth-order valence-corrected chi connectivity index (χ4v) is 7.41. The van der Waals surface area contributed by atoms with Gasteiger partial charge in [0.2, 0.25) is 0 Å². The molecule has 0 aromatic heterocycles. The van der Waals surface area contributed by atoms with Gasteiger partial charge in [0, 0.05) is 5.41 Å². The third-order valence-electron chi connectivity index (χ3n) is 10.5. The number of unbranched alkanes of at least 4 members (excludes halogenated alkanes) is 4. The van der Waals surface area contributed by atoms with E-state index in [4.69, 9.17) is 18.9 Å². The fourth-order valence-electron chi connectivity index (χ4n) is 7.41. The first-order valence-corrected chi connectivity index (χ1v) is 17.6. The van der Waals surface area contributed by atoms with Crippen LogP contribution in [0.5, 0.6) is 23.0 Å². The van der Waals surface area contributed by atoms with Crippen LogP contribution in [0.1, 0.15) is 155 Å². The smallest absolute Gasteiger partial charge is 0.161 e. The normalized spacial score (nSPS) is 23.8. The fraction of sp³-hybridized carbons (Fsp3) is 0.692. The van der Waals surface area contributed by atoms with Crippen LogP contribution in [0, 0.1) is 0 Å². The lowest BCUT2D eigenvalue weighted by molar-refractivity contribution is 0.261. The molecule has 0 saturated carbocycles. The van der Waals surface area contributed by atoms with Crippen LogP contribution in [0.3, 0.4) is 0 Å². The van der Waals surface area contributed by atoms with Gasteiger partial charge < -0.3 is 18.9 Å². The summed E-state index contributed by atoms with van der Waals surface area (Å²) in [6, 6.07) is 9.46. The van der Waals surface area contributed by atoms with Crippen molar-refractivity contribution in [2.75, 3.05) is 26.4 Å². The quantitative estimate of drug-likeness (QED) is 0.161. The molecule has 2 atom stereocenters. The van der Waals surface area contributed by atoms with E-state index < -0.39 is 0 Å². The van der Waals surface area contributed by atoms with Crippen molar-refractivity contribution in [3.63, 3.8) is 0 Å². The summed E-state index contributed by atoms with van der Waals surface area (Å²) in [5.74, 6) is 3.65. The average Bonchev–Trinajstić information content (AvgIpc) is 3.39. The van der Waals surface area contributed by atoms with E-state index >= 15 is 0 Å². The van der Waals surface area contributed by atoms with E-state index in [-0.39, 0.29) is 16.2 Å². The highest BCUT2D eigenvalue weighted by molar-refractivity contribution is 5.66. The number of ether oxygens (including phenoxy) is 4. The SMILES string of the molecule is CCCCOc1cc2c(cc1OCCCC)C1(CC2(C)CC)CC(C)(CC)c2cc(OCCCC)c(OCCCC)cc21. The van der Waals surface area contributed by atoms with Gasteiger partial charge in [-0.25, -0.2) is 0 Å². The number of rotatable bonds is 18. The summed E-state index contributed by atoms with van der Waals surface area (Å²) < 4.78 is 25.9. The zero-order valence-electron chi connectivity index (χ0n) is 28.8. The molecule has 0 fully saturated rings. The Balaban J connectivity index is 1.91. The van der Waals surface area contributed by atoms with Crippen LogP contribution in [0.15, 0.2) is 24.3 Å². The van der Waals surface area contributed by atoms with Crippen LogP contribution in [0.4, 0.5) is 0 Å². The summed E-state index contributed by atoms with van der Waals surface area (Å²) in [4.78, 5) is 0. The van der Waals surface area contributed by atoms with Gasteiger partial charge in [0.25, 0.3) is 0 Å². The van der Waals surface area contributed by atoms with Crippen molar-refractivity contribution < 1.29 is 18.9 Å². The summed E-state index contributed by atoms with van der Waals surface area (Å²) in [6.45, 7) is 21.4. The molecule has 43 heavy (non-hydrogen) atoms. The summed E-state index contributed by atoms with van der Waals surface area (Å²) >= 11 is 0. The monoisotopic (exact) mass is 592 g/mol. The van der Waals surface area contributed by atoms with Gasteiger partial charge in [0.15, 0.2) is 23.0 Å². The number of benzene rings is 2. The molecule has 4 heteroatoms. The zero-order valence-corrected chi connectivity index (χ0v) is 28.8. The molecule has 2 aliphatic rings. The molecule has 240 valence electrons. The summed E-state index contributed by atoms with van der Waals surface area (Å²) in [7, 11) is 0. The second-order valence-corrected chi connectivity index (χ2v) is 13.8. The van der Waals surface area contributed by atoms with Crippen molar-refractivity contribution in [1.29, 1.82) is 0 Å². The van der Waals surface area contributed by atoms with E-state index in [0.717, 1.165) is 113 Å². The molecule has 0 bridgehead atoms. The Kier molecular flexibility index (Phi) is 11.4. The summed E-state index contributed by atoms with van der Waals surface area (Å²) in [5, 5.41) is 0. The van der Waals surface area contributed by atoms with Gasteiger partial charge in [-0.15, -0.1) is 0 Å². The van der Waals surface area contributed by atoms with Gasteiger partial charge in [-0.1, -0.05) is 81.1 Å². The first-order valence-electron chi connectivity index (χ1n) is 17.6. The van der Waals surface area contributed by atoms with Gasteiger partial charge in [0.05, 0.1) is 26.4 Å². The Hall–Kier alpha value is -2.36. The highest BCUT2D eigenvalue weighted by Gasteiger charge is 2.58. The highest BCUT2D eigenvalue weighted by Crippen LogP contribution is 2.66. The standard InChI is InChI=1S/C39H60O4/c1-9-15-19-40-33-23-29-31(25-35(33)42-21-17-11-3)39(27-37(29,7)13-5)28-38(8,14-6)30-24-34(41-20-16-10-2)36(26-32(30)39)43-22-18-12-4/h23-26H,9-22,27-28H2,1-8H3. The lowest BCUT2D eigenvalue weighted by Crippen LogP contribution is -2.28. The maximum Gasteiger partial charge on any atom is 0.161 e. The Morgan fingerprint density at radius 2 is 0.744 bits per heavy atom. The van der Waals surface area contributed by atoms with Gasteiger partial charge in [-0.05, 0) is 109 Å². The summed E-state index contributed by atoms with van der Waals surface area (Å²) in [5.41, 5.74) is 5.74. The molecule has 2 aromatic rings. The molecule has 0 radical (unpaired) electrons. The molecular formula is C39H60O4. The van der Waals surface area contributed by atoms with Crippen LogP contribution in [-0.2, 0) is 16.2 Å². The van der Waals surface area contributed by atoms with Crippen LogP contribution >= 0.6 is 0 Å². The molecule has 1 spiro atoms. The first kappa shape index (κ1) is 33.5. The lowest BCUT2D eigenvalue weighted by atomic mass is 9.70. The molecule has 0 saturated heterocycles. The minimum atomic E-state index is -0.101. The maximum atomic E-state index is 6.50. The van der Waals surface area contributed by atoms with Crippen LogP contribution in [0.2, 0.25) is 0 Å². The molecule has 4 rings (SSSR count). The van der Waals surface area contributed by atoms with Crippen molar-refractivity contribution in [2.45, 2.75) is 149 Å². The lowest BCUT2D eigenvalue weighted by Gasteiger charge is -2.32. The van der Waals surface area contributed by atoms with Crippen LogP contribution < -0.4 is 18.9 Å². The van der Waals surface area contributed by atoms with Gasteiger partial charge >= 0.3 is 0 Å².